The van der Waals surface area contributed by atoms with Gasteiger partial charge in [0.15, 0.2) is 0 Å². The zero-order chi connectivity index (χ0) is 13.5. The van der Waals surface area contributed by atoms with Gasteiger partial charge in [-0.3, -0.25) is 0 Å². The van der Waals surface area contributed by atoms with Crippen LogP contribution in [-0.4, -0.2) is 13.2 Å². The Kier molecular flexibility index (Phi) is 5.87. The van der Waals surface area contributed by atoms with Gasteiger partial charge in [-0.05, 0) is 54.7 Å². The van der Waals surface area contributed by atoms with E-state index in [2.05, 4.69) is 43.5 Å². The van der Waals surface area contributed by atoms with Crippen molar-refractivity contribution in [3.63, 3.8) is 0 Å². The molecular weight excluding hydrogens is 252 g/mol. The molecule has 1 heterocycles. The number of ether oxygens (including phenoxy) is 1. The molecule has 0 bridgehead atoms. The average molecular weight is 275 g/mol. The van der Waals surface area contributed by atoms with E-state index in [-0.39, 0.29) is 0 Å². The van der Waals surface area contributed by atoms with Crippen molar-refractivity contribution in [3.05, 3.63) is 41.4 Å². The van der Waals surface area contributed by atoms with Gasteiger partial charge in [0.25, 0.3) is 0 Å². The summed E-state index contributed by atoms with van der Waals surface area (Å²) in [5, 5.41) is 2.20. The minimum Gasteiger partial charge on any atom is -0.381 e. The fourth-order valence-corrected chi connectivity index (χ4v) is 3.18. The van der Waals surface area contributed by atoms with E-state index in [0.717, 1.165) is 19.6 Å². The summed E-state index contributed by atoms with van der Waals surface area (Å²) in [5.41, 5.74) is 2.82. The van der Waals surface area contributed by atoms with Gasteiger partial charge in [0.05, 0.1) is 0 Å². The molecule has 2 rings (SSSR count). The van der Waals surface area contributed by atoms with Crippen molar-refractivity contribution in [2.24, 2.45) is 5.92 Å². The Morgan fingerprint density at radius 2 is 2.11 bits per heavy atom. The summed E-state index contributed by atoms with van der Waals surface area (Å²) in [6.45, 7) is 7.66. The normalized spacial score (nSPS) is 11.5. The summed E-state index contributed by atoms with van der Waals surface area (Å²) in [6.07, 6.45) is 4.85. The van der Waals surface area contributed by atoms with Crippen molar-refractivity contribution >= 4 is 11.3 Å². The van der Waals surface area contributed by atoms with Gasteiger partial charge in [-0.2, -0.15) is 0 Å². The van der Waals surface area contributed by atoms with Gasteiger partial charge in [0.2, 0.25) is 0 Å². The molecule has 1 atom stereocenters. The molecule has 0 aromatic rings. The Balaban J connectivity index is 1.65. The van der Waals surface area contributed by atoms with Gasteiger partial charge in [-0.25, -0.2) is 0 Å². The van der Waals surface area contributed by atoms with Crippen molar-refractivity contribution in [2.75, 3.05) is 13.2 Å². The van der Waals surface area contributed by atoms with Crippen LogP contribution in [0.15, 0.2) is 29.6 Å². The van der Waals surface area contributed by atoms with Gasteiger partial charge >= 0.3 is 0 Å². The fraction of sp³-hybridized carbons (Fsp3) is 0.471. The monoisotopic (exact) mass is 275 g/mol. The molecule has 19 heavy (non-hydrogen) atoms. The highest BCUT2D eigenvalue weighted by molar-refractivity contribution is 7.10. The maximum Gasteiger partial charge on any atom is 0.0491 e. The second-order valence-electron chi connectivity index (χ2n) is 5.23. The predicted octanol–water partition coefficient (Wildman–Crippen LogP) is 5.05. The zero-order valence-corrected chi connectivity index (χ0v) is 12.5. The molecule has 0 aromatic carbocycles. The summed E-state index contributed by atoms with van der Waals surface area (Å²) in [5.74, 6) is 0.400. The first-order chi connectivity index (χ1) is 9.27. The molecule has 2 heteroatoms. The van der Waals surface area contributed by atoms with Gasteiger partial charge in [-0.1, -0.05) is 31.5 Å². The maximum absolute atomic E-state index is 5.55. The highest BCUT2D eigenvalue weighted by atomic mass is 32.1. The lowest BCUT2D eigenvalue weighted by Gasteiger charge is -2.08. The Hall–Kier alpha value is -0.860. The van der Waals surface area contributed by atoms with Gasteiger partial charge in [0, 0.05) is 18.1 Å². The summed E-state index contributed by atoms with van der Waals surface area (Å²) in [6, 6.07) is 8.78. The Morgan fingerprint density at radius 3 is 2.95 bits per heavy atom. The number of unbranched alkanes of at least 4 members (excludes halogenated alkanes) is 2. The van der Waals surface area contributed by atoms with E-state index in [1.165, 1.54) is 35.3 Å². The van der Waals surface area contributed by atoms with Crippen LogP contribution in [0.25, 0.3) is 11.1 Å². The van der Waals surface area contributed by atoms with Crippen molar-refractivity contribution < 1.29 is 4.74 Å². The standard InChI is InChI=1S/C17H23OS/c1-14(2)13-18-11-5-3-4-9-17-16-8-6-7-15(16)10-12-19-17/h6-8,10,12,14H,1,3-5,9,11,13H2,2H3. The number of fused-ring (bicyclic) bond motifs is 1. The molecular formula is C17H23OS. The van der Waals surface area contributed by atoms with Crippen LogP contribution >= 0.6 is 11.3 Å². The lowest BCUT2D eigenvalue weighted by molar-refractivity contribution is 0.112. The molecule has 0 spiro atoms. The summed E-state index contributed by atoms with van der Waals surface area (Å²) >= 11 is 1.88. The van der Waals surface area contributed by atoms with E-state index < -0.39 is 0 Å². The Labute approximate surface area is 121 Å². The smallest absolute Gasteiger partial charge is 0.0491 e. The van der Waals surface area contributed by atoms with Crippen molar-refractivity contribution in [1.29, 1.82) is 0 Å². The number of hydrogen-bond acceptors (Lipinski definition) is 2. The molecule has 1 nitrogen and oxygen atoms in total. The minimum atomic E-state index is 0.400. The van der Waals surface area contributed by atoms with Crippen LogP contribution in [0.5, 0.6) is 0 Å². The van der Waals surface area contributed by atoms with E-state index in [0.29, 0.717) is 5.92 Å². The highest BCUT2D eigenvalue weighted by Crippen LogP contribution is 2.30. The first kappa shape index (κ1) is 14.5. The third-order valence-electron chi connectivity index (χ3n) is 3.20. The Morgan fingerprint density at radius 1 is 1.21 bits per heavy atom. The van der Waals surface area contributed by atoms with Crippen molar-refractivity contribution in [1.82, 2.24) is 0 Å². The molecule has 0 N–H and O–H groups in total. The molecule has 0 saturated carbocycles. The molecule has 1 aliphatic heterocycles. The molecule has 0 aromatic heterocycles. The molecule has 0 amide bonds. The van der Waals surface area contributed by atoms with Gasteiger partial charge < -0.3 is 4.74 Å². The number of hydrogen-bond donors (Lipinski definition) is 0. The maximum atomic E-state index is 5.55. The van der Waals surface area contributed by atoms with Crippen molar-refractivity contribution in [2.45, 2.75) is 32.6 Å². The molecule has 1 radical (unpaired) electrons. The third kappa shape index (κ3) is 4.63. The zero-order valence-electron chi connectivity index (χ0n) is 11.7. The minimum absolute atomic E-state index is 0.400. The van der Waals surface area contributed by atoms with Gasteiger partial charge in [0.1, 0.15) is 0 Å². The fourth-order valence-electron chi connectivity index (χ4n) is 2.23. The molecule has 0 fully saturated rings. The van der Waals surface area contributed by atoms with Crippen LogP contribution in [0.2, 0.25) is 0 Å². The van der Waals surface area contributed by atoms with E-state index in [9.17, 15) is 0 Å². The van der Waals surface area contributed by atoms with Crippen LogP contribution < -0.4 is 0 Å². The van der Waals surface area contributed by atoms with Crippen LogP contribution in [0.4, 0.5) is 0 Å². The predicted molar refractivity (Wildman–Crippen MR) is 83.8 cm³/mol. The molecule has 103 valence electrons. The second kappa shape index (κ2) is 7.66. The van der Waals surface area contributed by atoms with Crippen LogP contribution in [0.1, 0.15) is 31.1 Å². The van der Waals surface area contributed by atoms with E-state index in [4.69, 9.17) is 4.74 Å². The van der Waals surface area contributed by atoms with Gasteiger partial charge in [-0.15, -0.1) is 11.3 Å². The first-order valence-electron chi connectivity index (χ1n) is 7.13. The second-order valence-corrected chi connectivity index (χ2v) is 6.23. The lowest BCUT2D eigenvalue weighted by Crippen LogP contribution is -2.03. The van der Waals surface area contributed by atoms with Crippen molar-refractivity contribution in [3.8, 4) is 11.1 Å². The summed E-state index contributed by atoms with van der Waals surface area (Å²) in [4.78, 5) is 1.52. The number of rotatable bonds is 8. The third-order valence-corrected chi connectivity index (χ3v) is 4.18. The summed E-state index contributed by atoms with van der Waals surface area (Å²) in [7, 11) is 0. The molecule has 1 aliphatic carbocycles. The topological polar surface area (TPSA) is 9.23 Å². The number of aryl methyl sites for hydroxylation is 1. The Bertz CT molecular complexity index is 447. The molecule has 2 aliphatic rings. The van der Waals surface area contributed by atoms with Crippen LogP contribution in [0, 0.1) is 12.8 Å². The SMILES string of the molecule is [CH2]C(C)COCCCCCc1sccc2cccc1-2. The summed E-state index contributed by atoms with van der Waals surface area (Å²) < 4.78 is 5.55. The largest absolute Gasteiger partial charge is 0.381 e. The van der Waals surface area contributed by atoms with E-state index >= 15 is 0 Å². The molecule has 1 unspecified atom stereocenters. The highest BCUT2D eigenvalue weighted by Gasteiger charge is 2.07. The lowest BCUT2D eigenvalue weighted by atomic mass is 10.1. The molecule has 0 saturated heterocycles. The van der Waals surface area contributed by atoms with E-state index in [1.807, 2.05) is 11.3 Å². The average Bonchev–Trinajstić information content (AvgIpc) is 2.86. The quantitative estimate of drug-likeness (QED) is 0.612. The van der Waals surface area contributed by atoms with Crippen LogP contribution in [0.3, 0.4) is 0 Å². The first-order valence-corrected chi connectivity index (χ1v) is 8.01. The van der Waals surface area contributed by atoms with E-state index in [1.54, 1.807) is 0 Å². The van der Waals surface area contributed by atoms with Crippen LogP contribution in [-0.2, 0) is 11.2 Å².